The summed E-state index contributed by atoms with van der Waals surface area (Å²) in [7, 11) is 1.89. The Balaban J connectivity index is 2.02. The van der Waals surface area contributed by atoms with Gasteiger partial charge in [-0.05, 0) is 12.1 Å². The largest absolute Gasteiger partial charge is 0.378 e. The second-order valence-corrected chi connectivity index (χ2v) is 3.60. The van der Waals surface area contributed by atoms with E-state index in [1.165, 1.54) is 0 Å². The minimum atomic E-state index is 0.619. The van der Waals surface area contributed by atoms with Crippen molar-refractivity contribution in [2.24, 2.45) is 7.05 Å². The highest BCUT2D eigenvalue weighted by molar-refractivity contribution is 6.33. The highest BCUT2D eigenvalue weighted by Crippen LogP contribution is 2.19. The van der Waals surface area contributed by atoms with Crippen LogP contribution in [0.4, 0.5) is 5.69 Å². The maximum absolute atomic E-state index is 5.95. The summed E-state index contributed by atoms with van der Waals surface area (Å²) in [6.07, 6.45) is 5.22. The van der Waals surface area contributed by atoms with Crippen molar-refractivity contribution in [3.05, 3.63) is 41.4 Å². The normalized spacial score (nSPS) is 10.3. The van der Waals surface area contributed by atoms with Crippen LogP contribution in [-0.4, -0.2) is 14.8 Å². The molecule has 0 spiro atoms. The van der Waals surface area contributed by atoms with Gasteiger partial charge in [-0.25, -0.2) is 0 Å². The Morgan fingerprint density at radius 3 is 3.00 bits per heavy atom. The molecule has 4 nitrogen and oxygen atoms in total. The molecule has 2 heterocycles. The van der Waals surface area contributed by atoms with E-state index in [9.17, 15) is 0 Å². The third-order valence-corrected chi connectivity index (χ3v) is 2.30. The molecule has 0 radical (unpaired) electrons. The summed E-state index contributed by atoms with van der Waals surface area (Å²) in [6, 6.07) is 3.80. The molecule has 0 saturated heterocycles. The maximum atomic E-state index is 5.95. The van der Waals surface area contributed by atoms with Gasteiger partial charge in [0.25, 0.3) is 0 Å². The first-order chi connectivity index (χ1) is 7.25. The number of pyridine rings is 1. The van der Waals surface area contributed by atoms with Crippen LogP contribution in [0.15, 0.2) is 30.7 Å². The number of hydrogen-bond donors (Lipinski definition) is 1. The van der Waals surface area contributed by atoms with Crippen LogP contribution < -0.4 is 5.32 Å². The van der Waals surface area contributed by atoms with Crippen LogP contribution in [-0.2, 0) is 13.6 Å². The van der Waals surface area contributed by atoms with Crippen LogP contribution in [0.3, 0.4) is 0 Å². The number of hydrogen-bond acceptors (Lipinski definition) is 3. The van der Waals surface area contributed by atoms with Crippen molar-refractivity contribution in [3.8, 4) is 0 Å². The third-order valence-electron chi connectivity index (χ3n) is 2.00. The van der Waals surface area contributed by atoms with Gasteiger partial charge in [0.15, 0.2) is 0 Å². The molecule has 0 aliphatic carbocycles. The standard InChI is InChI=1S/C10H11ClN4/c1-15-5-3-8(14-15)6-13-10-2-4-12-7-9(10)11/h2-5,7H,6H2,1H3,(H,12,13). The van der Waals surface area contributed by atoms with Gasteiger partial charge in [0, 0.05) is 25.6 Å². The average Bonchev–Trinajstić information content (AvgIpc) is 2.63. The molecule has 78 valence electrons. The van der Waals surface area contributed by atoms with Gasteiger partial charge in [-0.1, -0.05) is 11.6 Å². The van der Waals surface area contributed by atoms with Gasteiger partial charge < -0.3 is 5.32 Å². The Labute approximate surface area is 92.9 Å². The van der Waals surface area contributed by atoms with E-state index in [0.29, 0.717) is 11.6 Å². The SMILES string of the molecule is Cn1ccc(CNc2ccncc2Cl)n1. The summed E-state index contributed by atoms with van der Waals surface area (Å²) in [6.45, 7) is 0.657. The number of nitrogens with one attached hydrogen (secondary N) is 1. The van der Waals surface area contributed by atoms with E-state index in [1.54, 1.807) is 17.1 Å². The monoisotopic (exact) mass is 222 g/mol. The maximum Gasteiger partial charge on any atom is 0.0820 e. The molecule has 2 rings (SSSR count). The van der Waals surface area contributed by atoms with E-state index >= 15 is 0 Å². The fraction of sp³-hybridized carbons (Fsp3) is 0.200. The predicted octanol–water partition coefficient (Wildman–Crippen LogP) is 2.08. The Morgan fingerprint density at radius 1 is 1.47 bits per heavy atom. The number of aromatic nitrogens is 3. The first-order valence-electron chi connectivity index (χ1n) is 4.57. The first kappa shape index (κ1) is 9.98. The van der Waals surface area contributed by atoms with E-state index in [4.69, 9.17) is 11.6 Å². The van der Waals surface area contributed by atoms with Crippen LogP contribution in [0, 0.1) is 0 Å². The second kappa shape index (κ2) is 4.31. The highest BCUT2D eigenvalue weighted by Gasteiger charge is 2.00. The topological polar surface area (TPSA) is 42.7 Å². The zero-order valence-corrected chi connectivity index (χ0v) is 9.07. The summed E-state index contributed by atoms with van der Waals surface area (Å²) < 4.78 is 1.77. The summed E-state index contributed by atoms with van der Waals surface area (Å²) in [4.78, 5) is 3.91. The molecular weight excluding hydrogens is 212 g/mol. The number of rotatable bonds is 3. The fourth-order valence-electron chi connectivity index (χ4n) is 1.26. The summed E-state index contributed by atoms with van der Waals surface area (Å²) in [5.41, 5.74) is 1.85. The average molecular weight is 223 g/mol. The van der Waals surface area contributed by atoms with Crippen molar-refractivity contribution >= 4 is 17.3 Å². The Hall–Kier alpha value is -1.55. The fourth-order valence-corrected chi connectivity index (χ4v) is 1.45. The minimum absolute atomic E-state index is 0.619. The molecule has 0 aliphatic rings. The first-order valence-corrected chi connectivity index (χ1v) is 4.95. The molecule has 0 unspecified atom stereocenters. The van der Waals surface area contributed by atoms with Crippen LogP contribution in [0.1, 0.15) is 5.69 Å². The molecule has 15 heavy (non-hydrogen) atoms. The quantitative estimate of drug-likeness (QED) is 0.865. The molecule has 0 amide bonds. The molecular formula is C10H11ClN4. The zero-order valence-electron chi connectivity index (χ0n) is 8.31. The molecule has 0 aliphatic heterocycles. The van der Waals surface area contributed by atoms with Gasteiger partial charge in [-0.2, -0.15) is 5.10 Å². The Morgan fingerprint density at radius 2 is 2.33 bits per heavy atom. The van der Waals surface area contributed by atoms with Crippen LogP contribution in [0.2, 0.25) is 5.02 Å². The molecule has 0 saturated carbocycles. The van der Waals surface area contributed by atoms with Crippen LogP contribution in [0.5, 0.6) is 0 Å². The van der Waals surface area contributed by atoms with Crippen molar-refractivity contribution in [3.63, 3.8) is 0 Å². The van der Waals surface area contributed by atoms with E-state index in [2.05, 4.69) is 15.4 Å². The summed E-state index contributed by atoms with van der Waals surface area (Å²) in [5.74, 6) is 0. The lowest BCUT2D eigenvalue weighted by Crippen LogP contribution is -2.01. The van der Waals surface area contributed by atoms with E-state index in [-0.39, 0.29) is 0 Å². The summed E-state index contributed by atoms with van der Waals surface area (Å²) in [5, 5.41) is 8.06. The predicted molar refractivity (Wildman–Crippen MR) is 59.8 cm³/mol. The lowest BCUT2D eigenvalue weighted by Gasteiger charge is -2.05. The molecule has 5 heteroatoms. The Kier molecular flexibility index (Phi) is 2.87. The van der Waals surface area contributed by atoms with Gasteiger partial charge in [0.05, 0.1) is 22.9 Å². The van der Waals surface area contributed by atoms with Crippen molar-refractivity contribution in [1.29, 1.82) is 0 Å². The zero-order chi connectivity index (χ0) is 10.7. The van der Waals surface area contributed by atoms with Gasteiger partial charge >= 0.3 is 0 Å². The van der Waals surface area contributed by atoms with Gasteiger partial charge in [0.2, 0.25) is 0 Å². The van der Waals surface area contributed by atoms with Crippen molar-refractivity contribution in [1.82, 2.24) is 14.8 Å². The third kappa shape index (κ3) is 2.47. The van der Waals surface area contributed by atoms with E-state index in [1.807, 2.05) is 25.4 Å². The molecule has 2 aromatic heterocycles. The van der Waals surface area contributed by atoms with Gasteiger partial charge in [-0.15, -0.1) is 0 Å². The minimum Gasteiger partial charge on any atom is -0.378 e. The molecule has 0 bridgehead atoms. The number of halogens is 1. The highest BCUT2D eigenvalue weighted by atomic mass is 35.5. The van der Waals surface area contributed by atoms with E-state index in [0.717, 1.165) is 11.4 Å². The van der Waals surface area contributed by atoms with Crippen molar-refractivity contribution in [2.45, 2.75) is 6.54 Å². The number of anilines is 1. The van der Waals surface area contributed by atoms with Crippen molar-refractivity contribution < 1.29 is 0 Å². The van der Waals surface area contributed by atoms with Gasteiger partial charge in [-0.3, -0.25) is 9.67 Å². The van der Waals surface area contributed by atoms with Crippen LogP contribution in [0.25, 0.3) is 0 Å². The molecule has 2 aromatic rings. The molecule has 0 atom stereocenters. The second-order valence-electron chi connectivity index (χ2n) is 3.19. The lowest BCUT2D eigenvalue weighted by atomic mass is 10.3. The molecule has 0 fully saturated rings. The van der Waals surface area contributed by atoms with E-state index < -0.39 is 0 Å². The van der Waals surface area contributed by atoms with Crippen LogP contribution >= 0.6 is 11.6 Å². The lowest BCUT2D eigenvalue weighted by molar-refractivity contribution is 0.747. The molecule has 0 aromatic carbocycles. The number of nitrogens with zero attached hydrogens (tertiary/aromatic N) is 3. The van der Waals surface area contributed by atoms with Gasteiger partial charge in [0.1, 0.15) is 0 Å². The van der Waals surface area contributed by atoms with Crippen molar-refractivity contribution in [2.75, 3.05) is 5.32 Å². The Bertz CT molecular complexity index is 452. The smallest absolute Gasteiger partial charge is 0.0820 e. The summed E-state index contributed by atoms with van der Waals surface area (Å²) >= 11 is 5.95. The number of aryl methyl sites for hydroxylation is 1. The molecule has 1 N–H and O–H groups in total.